The molecule has 1 N–H and O–H groups in total. The average Bonchev–Trinajstić information content (AvgIpc) is 2.87. The van der Waals surface area contributed by atoms with Crippen molar-refractivity contribution in [3.8, 4) is 11.5 Å². The summed E-state index contributed by atoms with van der Waals surface area (Å²) in [5.74, 6) is -1.01. The Hall–Kier alpha value is -4.03. The molecule has 0 aliphatic carbocycles. The Morgan fingerprint density at radius 2 is 1.76 bits per heavy atom. The number of carbonyl (C=O) groups is 3. The molecule has 0 unspecified atom stereocenters. The van der Waals surface area contributed by atoms with Gasteiger partial charge in [-0.05, 0) is 70.4 Å². The molecule has 4 rings (SSSR count). The largest absolute Gasteiger partial charge is 0.490 e. The highest BCUT2D eigenvalue weighted by Crippen LogP contribution is 2.38. The molecule has 1 aliphatic rings. The number of benzene rings is 3. The fourth-order valence-corrected chi connectivity index (χ4v) is 4.45. The van der Waals surface area contributed by atoms with Crippen molar-refractivity contribution in [1.29, 1.82) is 0 Å². The number of hydrogen-bond donors (Lipinski definition) is 1. The molecule has 3 aromatic carbocycles. The van der Waals surface area contributed by atoms with Gasteiger partial charge in [0.1, 0.15) is 12.2 Å². The van der Waals surface area contributed by atoms with E-state index in [9.17, 15) is 24.5 Å². The van der Waals surface area contributed by atoms with Crippen molar-refractivity contribution in [3.05, 3.63) is 96.4 Å². The monoisotopic (exact) mass is 643 g/mol. The molecule has 12 heteroatoms. The van der Waals surface area contributed by atoms with Gasteiger partial charge in [-0.1, -0.05) is 34.1 Å². The molecular formula is C26H19Br2N3O7. The Balaban J connectivity index is 1.66. The van der Waals surface area contributed by atoms with Crippen molar-refractivity contribution in [1.82, 2.24) is 5.32 Å². The minimum atomic E-state index is -1.01. The first kappa shape index (κ1) is 27.0. The molecule has 1 heterocycles. The lowest BCUT2D eigenvalue weighted by molar-refractivity contribution is -0.384. The number of rotatable bonds is 8. The number of imide groups is 2. The maximum absolute atomic E-state index is 13.2. The van der Waals surface area contributed by atoms with Crippen LogP contribution in [0.3, 0.4) is 0 Å². The molecule has 3 aromatic rings. The van der Waals surface area contributed by atoms with E-state index >= 15 is 0 Å². The summed E-state index contributed by atoms with van der Waals surface area (Å²) < 4.78 is 13.2. The van der Waals surface area contributed by atoms with Crippen molar-refractivity contribution >= 4 is 67.2 Å². The number of anilines is 1. The number of carbonyl (C=O) groups excluding carboxylic acids is 3. The first-order valence-electron chi connectivity index (χ1n) is 11.2. The standard InChI is InChI=1S/C26H19Br2N3O7/c1-2-37-22-12-16(11-21(28)23(22)38-14-15-6-8-17(27)9-7-15)10-20-24(32)29-26(34)30(25(20)33)18-4-3-5-19(13-18)31(35)36/h3-13H,2,14H2,1H3,(H,29,32,34)/b20-10+. The van der Waals surface area contributed by atoms with Crippen LogP contribution in [-0.4, -0.2) is 29.4 Å². The quantitative estimate of drug-likeness (QED) is 0.143. The van der Waals surface area contributed by atoms with Gasteiger partial charge in [0.05, 0.1) is 21.7 Å². The van der Waals surface area contributed by atoms with Crippen LogP contribution in [0, 0.1) is 10.1 Å². The molecule has 0 spiro atoms. The highest BCUT2D eigenvalue weighted by molar-refractivity contribution is 9.10. The lowest BCUT2D eigenvalue weighted by Gasteiger charge is -2.26. The Labute approximate surface area is 233 Å². The van der Waals surface area contributed by atoms with Crippen LogP contribution < -0.4 is 19.7 Å². The molecule has 0 atom stereocenters. The van der Waals surface area contributed by atoms with Gasteiger partial charge in [-0.2, -0.15) is 0 Å². The summed E-state index contributed by atoms with van der Waals surface area (Å²) in [4.78, 5) is 49.4. The van der Waals surface area contributed by atoms with Gasteiger partial charge in [-0.15, -0.1) is 0 Å². The molecule has 10 nitrogen and oxygen atoms in total. The summed E-state index contributed by atoms with van der Waals surface area (Å²) in [5, 5.41) is 13.3. The maximum Gasteiger partial charge on any atom is 0.335 e. The van der Waals surface area contributed by atoms with E-state index in [4.69, 9.17) is 9.47 Å². The number of barbiturate groups is 1. The third kappa shape index (κ3) is 5.92. The zero-order chi connectivity index (χ0) is 27.4. The summed E-state index contributed by atoms with van der Waals surface area (Å²) in [5.41, 5.74) is 0.656. The fraction of sp³-hybridized carbons (Fsp3) is 0.115. The van der Waals surface area contributed by atoms with Crippen LogP contribution in [-0.2, 0) is 16.2 Å². The molecule has 194 valence electrons. The Bertz CT molecular complexity index is 1470. The SMILES string of the molecule is CCOc1cc(/C=C2\C(=O)NC(=O)N(c3cccc([N+](=O)[O-])c3)C2=O)cc(Br)c1OCc1ccc(Br)cc1. The molecule has 1 fully saturated rings. The smallest absolute Gasteiger partial charge is 0.335 e. The van der Waals surface area contributed by atoms with Gasteiger partial charge in [0.15, 0.2) is 11.5 Å². The summed E-state index contributed by atoms with van der Waals surface area (Å²) >= 11 is 6.87. The van der Waals surface area contributed by atoms with Gasteiger partial charge >= 0.3 is 6.03 Å². The lowest BCUT2D eigenvalue weighted by Crippen LogP contribution is -2.54. The number of halogens is 2. The van der Waals surface area contributed by atoms with Crippen LogP contribution in [0.5, 0.6) is 11.5 Å². The summed E-state index contributed by atoms with van der Waals surface area (Å²) in [6.45, 7) is 2.40. The van der Waals surface area contributed by atoms with Crippen LogP contribution in [0.4, 0.5) is 16.2 Å². The molecule has 38 heavy (non-hydrogen) atoms. The Kier molecular flexibility index (Phi) is 8.23. The van der Waals surface area contributed by atoms with E-state index in [0.29, 0.717) is 33.0 Å². The van der Waals surface area contributed by atoms with Gasteiger partial charge in [0.25, 0.3) is 17.5 Å². The molecule has 0 bridgehead atoms. The minimum absolute atomic E-state index is 0.0482. The number of nitrogens with zero attached hydrogens (tertiary/aromatic N) is 2. The van der Waals surface area contributed by atoms with Crippen molar-refractivity contribution < 1.29 is 28.8 Å². The molecule has 1 saturated heterocycles. The van der Waals surface area contributed by atoms with E-state index in [1.165, 1.54) is 24.3 Å². The van der Waals surface area contributed by atoms with E-state index in [0.717, 1.165) is 16.1 Å². The van der Waals surface area contributed by atoms with Crippen LogP contribution in [0.15, 0.2) is 75.2 Å². The third-order valence-electron chi connectivity index (χ3n) is 5.34. The van der Waals surface area contributed by atoms with Crippen molar-refractivity contribution in [3.63, 3.8) is 0 Å². The first-order chi connectivity index (χ1) is 18.2. The zero-order valence-corrected chi connectivity index (χ0v) is 22.9. The normalized spacial score (nSPS) is 14.4. The Morgan fingerprint density at radius 3 is 2.45 bits per heavy atom. The van der Waals surface area contributed by atoms with Crippen LogP contribution in [0.2, 0.25) is 0 Å². The summed E-state index contributed by atoms with van der Waals surface area (Å²) in [6.07, 6.45) is 1.31. The molecule has 4 amide bonds. The minimum Gasteiger partial charge on any atom is -0.490 e. The number of nitro groups is 1. The number of urea groups is 1. The maximum atomic E-state index is 13.2. The van der Waals surface area contributed by atoms with Crippen molar-refractivity contribution in [2.45, 2.75) is 13.5 Å². The molecule has 0 saturated carbocycles. The van der Waals surface area contributed by atoms with E-state index in [1.54, 1.807) is 19.1 Å². The van der Waals surface area contributed by atoms with E-state index in [2.05, 4.69) is 37.2 Å². The van der Waals surface area contributed by atoms with Gasteiger partial charge in [0.2, 0.25) is 0 Å². The van der Waals surface area contributed by atoms with E-state index < -0.39 is 22.8 Å². The fourth-order valence-electron chi connectivity index (χ4n) is 3.61. The number of hydrogen-bond acceptors (Lipinski definition) is 7. The number of nitrogens with one attached hydrogen (secondary N) is 1. The summed E-state index contributed by atoms with van der Waals surface area (Å²) in [6, 6.07) is 14.9. The van der Waals surface area contributed by atoms with Crippen LogP contribution >= 0.6 is 31.9 Å². The van der Waals surface area contributed by atoms with Gasteiger partial charge in [-0.3, -0.25) is 25.0 Å². The van der Waals surface area contributed by atoms with E-state index in [-0.39, 0.29) is 23.6 Å². The number of amides is 4. The van der Waals surface area contributed by atoms with Crippen LogP contribution in [0.25, 0.3) is 6.08 Å². The third-order valence-corrected chi connectivity index (χ3v) is 6.46. The second-order valence-electron chi connectivity index (χ2n) is 7.91. The van der Waals surface area contributed by atoms with Gasteiger partial charge < -0.3 is 9.47 Å². The molecule has 0 radical (unpaired) electrons. The molecule has 1 aliphatic heterocycles. The predicted molar refractivity (Wildman–Crippen MR) is 146 cm³/mol. The van der Waals surface area contributed by atoms with Crippen molar-refractivity contribution in [2.75, 3.05) is 11.5 Å². The predicted octanol–water partition coefficient (Wildman–Crippen LogP) is 5.76. The Morgan fingerprint density at radius 1 is 1.03 bits per heavy atom. The molecular weight excluding hydrogens is 626 g/mol. The second-order valence-corrected chi connectivity index (χ2v) is 9.68. The van der Waals surface area contributed by atoms with Crippen LogP contribution in [0.1, 0.15) is 18.1 Å². The number of ether oxygens (including phenoxy) is 2. The van der Waals surface area contributed by atoms with E-state index in [1.807, 2.05) is 24.3 Å². The second kappa shape index (κ2) is 11.6. The topological polar surface area (TPSA) is 128 Å². The molecule has 0 aromatic heterocycles. The van der Waals surface area contributed by atoms with Gasteiger partial charge in [0, 0.05) is 16.6 Å². The van der Waals surface area contributed by atoms with Crippen molar-refractivity contribution in [2.24, 2.45) is 0 Å². The average molecular weight is 645 g/mol. The highest BCUT2D eigenvalue weighted by Gasteiger charge is 2.37. The zero-order valence-electron chi connectivity index (χ0n) is 19.8. The lowest BCUT2D eigenvalue weighted by atomic mass is 10.1. The number of non-ortho nitro benzene ring substituents is 1. The van der Waals surface area contributed by atoms with Gasteiger partial charge in [-0.25, -0.2) is 9.69 Å². The summed E-state index contributed by atoms with van der Waals surface area (Å²) in [7, 11) is 0. The highest BCUT2D eigenvalue weighted by atomic mass is 79.9. The first-order valence-corrected chi connectivity index (χ1v) is 12.8. The number of nitro benzene ring substituents is 1.